The summed E-state index contributed by atoms with van der Waals surface area (Å²) in [5.41, 5.74) is 2.00. The summed E-state index contributed by atoms with van der Waals surface area (Å²) >= 11 is 11.7. The van der Waals surface area contributed by atoms with E-state index in [0.29, 0.717) is 11.3 Å². The molecule has 3 aromatic rings. The van der Waals surface area contributed by atoms with E-state index in [9.17, 15) is 13.2 Å². The molecule has 1 atom stereocenters. The van der Waals surface area contributed by atoms with Crippen LogP contribution in [0.3, 0.4) is 0 Å². The summed E-state index contributed by atoms with van der Waals surface area (Å²) in [6.07, 6.45) is 0.952. The molecule has 0 bridgehead atoms. The molecule has 3 rings (SSSR count). The van der Waals surface area contributed by atoms with Gasteiger partial charge in [-0.05, 0) is 41.5 Å². The Bertz CT molecular complexity index is 965. The highest BCUT2D eigenvalue weighted by Gasteiger charge is 2.39. The van der Waals surface area contributed by atoms with Crippen LogP contribution in [-0.4, -0.2) is 28.0 Å². The molecule has 1 unspecified atom stereocenters. The lowest BCUT2D eigenvalue weighted by Crippen LogP contribution is -2.18. The molecule has 1 N–H and O–H groups in total. The highest BCUT2D eigenvalue weighted by molar-refractivity contribution is 6.34. The zero-order chi connectivity index (χ0) is 20.3. The Labute approximate surface area is 169 Å². The van der Waals surface area contributed by atoms with Crippen LogP contribution in [0.4, 0.5) is 18.9 Å². The highest BCUT2D eigenvalue weighted by atomic mass is 35.5. The molecule has 0 radical (unpaired) electrons. The zero-order valence-corrected chi connectivity index (χ0v) is 16.1. The summed E-state index contributed by atoms with van der Waals surface area (Å²) in [6.45, 7) is 0. The third kappa shape index (κ3) is 4.66. The summed E-state index contributed by atoms with van der Waals surface area (Å²) in [6, 6.07) is 9.11. The predicted molar refractivity (Wildman–Crippen MR) is 105 cm³/mol. The van der Waals surface area contributed by atoms with Gasteiger partial charge in [0.1, 0.15) is 12.7 Å². The number of nitrogens with zero attached hydrogens (tertiary/aromatic N) is 3. The van der Waals surface area contributed by atoms with E-state index in [1.807, 2.05) is 0 Å². The van der Waals surface area contributed by atoms with E-state index in [1.165, 1.54) is 36.9 Å². The average Bonchev–Trinajstić information content (AvgIpc) is 3.14. The van der Waals surface area contributed by atoms with Crippen LogP contribution in [-0.2, 0) is 0 Å². The van der Waals surface area contributed by atoms with Crippen LogP contribution in [0, 0.1) is 0 Å². The lowest BCUT2D eigenvalue weighted by atomic mass is 9.97. The minimum absolute atomic E-state index is 0.0191. The van der Waals surface area contributed by atoms with E-state index >= 15 is 0 Å². The number of aromatic nitrogens is 3. The maximum absolute atomic E-state index is 13.6. The first-order valence-corrected chi connectivity index (χ1v) is 8.91. The predicted octanol–water partition coefficient (Wildman–Crippen LogP) is 5.98. The number of hydrogen-bond donors (Lipinski definition) is 1. The number of halogens is 5. The number of hydrogen-bond acceptors (Lipinski definition) is 3. The van der Waals surface area contributed by atoms with E-state index in [0.717, 1.165) is 11.8 Å². The number of nitrogens with one attached hydrogen (secondary N) is 1. The SMILES string of the molecule is CNc1cc(C=CC(c2cc(Cl)cc(Cl)c2)C(F)(F)F)ccc1-n1cncn1. The van der Waals surface area contributed by atoms with Gasteiger partial charge in [-0.2, -0.15) is 18.3 Å². The van der Waals surface area contributed by atoms with Crippen LogP contribution >= 0.6 is 23.2 Å². The molecule has 0 saturated heterocycles. The number of anilines is 1. The third-order valence-corrected chi connectivity index (χ3v) is 4.47. The number of alkyl halides is 3. The first kappa shape index (κ1) is 20.2. The summed E-state index contributed by atoms with van der Waals surface area (Å²) in [4.78, 5) is 3.89. The minimum atomic E-state index is -4.49. The molecule has 28 heavy (non-hydrogen) atoms. The molecule has 1 heterocycles. The molecule has 0 saturated carbocycles. The molecule has 0 aliphatic heterocycles. The average molecular weight is 427 g/mol. The quantitative estimate of drug-likeness (QED) is 0.545. The summed E-state index contributed by atoms with van der Waals surface area (Å²) in [5.74, 6) is -1.84. The maximum Gasteiger partial charge on any atom is 0.399 e. The molecule has 0 amide bonds. The fourth-order valence-electron chi connectivity index (χ4n) is 2.76. The van der Waals surface area contributed by atoms with E-state index in [-0.39, 0.29) is 15.6 Å². The molecule has 0 aliphatic rings. The Hall–Kier alpha value is -2.51. The number of benzene rings is 2. The minimum Gasteiger partial charge on any atom is -0.386 e. The Morgan fingerprint density at radius 2 is 1.82 bits per heavy atom. The largest absolute Gasteiger partial charge is 0.399 e. The third-order valence-electron chi connectivity index (χ3n) is 4.03. The van der Waals surface area contributed by atoms with Crippen molar-refractivity contribution in [2.45, 2.75) is 12.1 Å². The van der Waals surface area contributed by atoms with Crippen molar-refractivity contribution >= 4 is 35.0 Å². The van der Waals surface area contributed by atoms with E-state index < -0.39 is 12.1 Å². The number of allylic oxidation sites excluding steroid dienone is 1. The van der Waals surface area contributed by atoms with Crippen molar-refractivity contribution in [3.63, 3.8) is 0 Å². The van der Waals surface area contributed by atoms with E-state index in [1.54, 1.807) is 29.9 Å². The fraction of sp³-hybridized carbons (Fsp3) is 0.158. The summed E-state index contributed by atoms with van der Waals surface area (Å²) in [5, 5.41) is 7.38. The van der Waals surface area contributed by atoms with Gasteiger partial charge in [0.25, 0.3) is 0 Å². The number of rotatable bonds is 5. The molecule has 4 nitrogen and oxygen atoms in total. The van der Waals surface area contributed by atoms with Crippen LogP contribution in [0.5, 0.6) is 0 Å². The molecule has 146 valence electrons. The first-order valence-electron chi connectivity index (χ1n) is 8.15. The van der Waals surface area contributed by atoms with E-state index in [4.69, 9.17) is 23.2 Å². The smallest absolute Gasteiger partial charge is 0.386 e. The van der Waals surface area contributed by atoms with Crippen LogP contribution in [0.2, 0.25) is 10.0 Å². The molecular formula is C19H15Cl2F3N4. The van der Waals surface area contributed by atoms with Crippen molar-refractivity contribution in [3.05, 3.63) is 76.3 Å². The zero-order valence-electron chi connectivity index (χ0n) is 14.6. The second kappa shape index (κ2) is 8.24. The van der Waals surface area contributed by atoms with Crippen molar-refractivity contribution in [3.8, 4) is 5.69 Å². The Morgan fingerprint density at radius 1 is 1.11 bits per heavy atom. The van der Waals surface area contributed by atoms with Gasteiger partial charge in [0.05, 0.1) is 17.3 Å². The van der Waals surface area contributed by atoms with Crippen molar-refractivity contribution in [2.75, 3.05) is 12.4 Å². The maximum atomic E-state index is 13.6. The Balaban J connectivity index is 1.95. The highest BCUT2D eigenvalue weighted by Crippen LogP contribution is 2.38. The molecule has 0 fully saturated rings. The lowest BCUT2D eigenvalue weighted by molar-refractivity contribution is -0.139. The van der Waals surface area contributed by atoms with Gasteiger partial charge in [-0.1, -0.05) is 41.4 Å². The molecule has 0 aliphatic carbocycles. The van der Waals surface area contributed by atoms with E-state index in [2.05, 4.69) is 15.4 Å². The van der Waals surface area contributed by atoms with Gasteiger partial charge < -0.3 is 5.32 Å². The second-order valence-corrected chi connectivity index (χ2v) is 6.82. The van der Waals surface area contributed by atoms with Gasteiger partial charge in [-0.3, -0.25) is 0 Å². The van der Waals surface area contributed by atoms with Gasteiger partial charge in [-0.25, -0.2) is 9.67 Å². The van der Waals surface area contributed by atoms with Crippen molar-refractivity contribution in [1.82, 2.24) is 14.8 Å². The van der Waals surface area contributed by atoms with Crippen LogP contribution in [0.25, 0.3) is 11.8 Å². The normalized spacial score (nSPS) is 13.1. The molecule has 2 aromatic carbocycles. The van der Waals surface area contributed by atoms with Crippen molar-refractivity contribution < 1.29 is 13.2 Å². The summed E-state index contributed by atoms with van der Waals surface area (Å²) in [7, 11) is 1.72. The van der Waals surface area contributed by atoms with Gasteiger partial charge in [0, 0.05) is 17.1 Å². The lowest BCUT2D eigenvalue weighted by Gasteiger charge is -2.18. The van der Waals surface area contributed by atoms with Gasteiger partial charge in [0.15, 0.2) is 0 Å². The van der Waals surface area contributed by atoms with Crippen LogP contribution in [0.15, 0.2) is 55.1 Å². The standard InChI is InChI=1S/C19H15Cl2F3N4/c1-25-17-6-12(3-5-18(17)28-11-26-10-27-28)2-4-16(19(22,23)24)13-7-14(20)9-15(21)8-13/h2-11,16,25H,1H3. The first-order chi connectivity index (χ1) is 13.3. The topological polar surface area (TPSA) is 42.7 Å². The second-order valence-electron chi connectivity index (χ2n) is 5.95. The van der Waals surface area contributed by atoms with Gasteiger partial charge in [0.2, 0.25) is 0 Å². The van der Waals surface area contributed by atoms with Gasteiger partial charge >= 0.3 is 6.18 Å². The molecule has 0 spiro atoms. The van der Waals surface area contributed by atoms with Gasteiger partial charge in [-0.15, -0.1) is 0 Å². The molecular weight excluding hydrogens is 412 g/mol. The van der Waals surface area contributed by atoms with Crippen molar-refractivity contribution in [2.24, 2.45) is 0 Å². The van der Waals surface area contributed by atoms with Crippen molar-refractivity contribution in [1.29, 1.82) is 0 Å². The Kier molecular flexibility index (Phi) is 5.96. The Morgan fingerprint density at radius 3 is 2.39 bits per heavy atom. The molecule has 9 heteroatoms. The van der Waals surface area contributed by atoms with Crippen LogP contribution in [0.1, 0.15) is 17.0 Å². The molecule has 1 aromatic heterocycles. The summed E-state index contributed by atoms with van der Waals surface area (Å²) < 4.78 is 42.4. The monoisotopic (exact) mass is 426 g/mol. The fourth-order valence-corrected chi connectivity index (χ4v) is 3.30. The van der Waals surface area contributed by atoms with Crippen LogP contribution < -0.4 is 5.32 Å².